The van der Waals surface area contributed by atoms with Gasteiger partial charge in [-0.15, -0.1) is 0 Å². The molecule has 1 fully saturated rings. The molecule has 7 heteroatoms. The van der Waals surface area contributed by atoms with E-state index in [1.165, 1.54) is 0 Å². The molecule has 1 aliphatic rings. The van der Waals surface area contributed by atoms with E-state index < -0.39 is 0 Å². The molecule has 4 heterocycles. The lowest BCUT2D eigenvalue weighted by Gasteiger charge is -2.28. The summed E-state index contributed by atoms with van der Waals surface area (Å²) in [4.78, 5) is 6.91. The molecule has 1 N–H and O–H groups in total. The number of rotatable bonds is 2. The Kier molecular flexibility index (Phi) is 2.85. The van der Waals surface area contributed by atoms with Gasteiger partial charge in [-0.2, -0.15) is 10.2 Å². The molecule has 0 radical (unpaired) electrons. The van der Waals surface area contributed by atoms with E-state index in [0.717, 1.165) is 48.6 Å². The van der Waals surface area contributed by atoms with Gasteiger partial charge in [0.25, 0.3) is 0 Å². The number of hydrogen-bond acceptors (Lipinski definition) is 5. The van der Waals surface area contributed by atoms with E-state index in [1.807, 2.05) is 42.5 Å². The molecule has 0 aromatic carbocycles. The molecule has 1 saturated heterocycles. The van der Waals surface area contributed by atoms with Crippen molar-refractivity contribution in [2.24, 2.45) is 7.05 Å². The van der Waals surface area contributed by atoms with Gasteiger partial charge in [0.2, 0.25) is 0 Å². The zero-order chi connectivity index (χ0) is 14.2. The van der Waals surface area contributed by atoms with Gasteiger partial charge in [-0.1, -0.05) is 0 Å². The van der Waals surface area contributed by atoms with E-state index in [9.17, 15) is 0 Å². The van der Waals surface area contributed by atoms with Gasteiger partial charge in [-0.3, -0.25) is 9.67 Å². The largest absolute Gasteiger partial charge is 0.366 e. The third-order valence-corrected chi connectivity index (χ3v) is 3.84. The zero-order valence-electron chi connectivity index (χ0n) is 11.9. The maximum atomic E-state index is 4.56. The number of nitrogens with one attached hydrogen (secondary N) is 1. The van der Waals surface area contributed by atoms with Crippen LogP contribution < -0.4 is 10.2 Å². The maximum Gasteiger partial charge on any atom is 0.108 e. The summed E-state index contributed by atoms with van der Waals surface area (Å²) in [5.74, 6) is 0. The topological polar surface area (TPSA) is 63.3 Å². The van der Waals surface area contributed by atoms with E-state index in [0.29, 0.717) is 0 Å². The van der Waals surface area contributed by atoms with Crippen LogP contribution in [-0.2, 0) is 7.05 Å². The van der Waals surface area contributed by atoms with Gasteiger partial charge < -0.3 is 10.2 Å². The van der Waals surface area contributed by atoms with E-state index in [-0.39, 0.29) is 0 Å². The van der Waals surface area contributed by atoms with Crippen molar-refractivity contribution in [3.63, 3.8) is 0 Å². The second-order valence-corrected chi connectivity index (χ2v) is 5.27. The number of nitrogens with zero attached hydrogens (tertiary/aromatic N) is 6. The van der Waals surface area contributed by atoms with Crippen molar-refractivity contribution >= 4 is 11.2 Å². The molecule has 3 aromatic heterocycles. The van der Waals surface area contributed by atoms with Crippen molar-refractivity contribution in [1.82, 2.24) is 29.7 Å². The predicted octanol–water partition coefficient (Wildman–Crippen LogP) is 0.539. The summed E-state index contributed by atoms with van der Waals surface area (Å²) in [5.41, 5.74) is 4.08. The first-order valence-electron chi connectivity index (χ1n) is 7.09. The van der Waals surface area contributed by atoms with Crippen molar-refractivity contribution in [2.75, 3.05) is 31.1 Å². The summed E-state index contributed by atoms with van der Waals surface area (Å²) >= 11 is 0. The van der Waals surface area contributed by atoms with E-state index in [1.54, 1.807) is 4.68 Å². The van der Waals surface area contributed by atoms with Crippen LogP contribution in [0.25, 0.3) is 16.8 Å². The fourth-order valence-electron chi connectivity index (χ4n) is 2.72. The Morgan fingerprint density at radius 2 is 1.90 bits per heavy atom. The van der Waals surface area contributed by atoms with Gasteiger partial charge in [-0.05, 0) is 0 Å². The Morgan fingerprint density at radius 1 is 1.05 bits per heavy atom. The summed E-state index contributed by atoms with van der Waals surface area (Å²) in [6, 6.07) is 0. The maximum absolute atomic E-state index is 4.56. The average Bonchev–Trinajstić information content (AvgIpc) is 3.13. The van der Waals surface area contributed by atoms with Gasteiger partial charge in [0.05, 0.1) is 36.2 Å². The molecule has 0 aliphatic carbocycles. The number of fused-ring (bicyclic) bond motifs is 1. The van der Waals surface area contributed by atoms with Crippen LogP contribution in [0.1, 0.15) is 0 Å². The fourth-order valence-corrected chi connectivity index (χ4v) is 2.72. The molecule has 0 saturated carbocycles. The summed E-state index contributed by atoms with van der Waals surface area (Å²) in [6.45, 7) is 4.04. The fraction of sp³-hybridized carbons (Fsp3) is 0.357. The summed E-state index contributed by atoms with van der Waals surface area (Å²) in [6.07, 6.45) is 9.55. The third-order valence-electron chi connectivity index (χ3n) is 3.84. The molecule has 1 aliphatic heterocycles. The molecule has 7 nitrogen and oxygen atoms in total. The Morgan fingerprint density at radius 3 is 2.67 bits per heavy atom. The minimum absolute atomic E-state index is 0.880. The van der Waals surface area contributed by atoms with Crippen molar-refractivity contribution in [3.8, 4) is 11.3 Å². The van der Waals surface area contributed by atoms with Crippen LogP contribution in [0, 0.1) is 0 Å². The number of aryl methyl sites for hydroxylation is 1. The number of hydrogen-bond donors (Lipinski definition) is 1. The van der Waals surface area contributed by atoms with Crippen LogP contribution in [-0.4, -0.2) is 50.6 Å². The van der Waals surface area contributed by atoms with Crippen molar-refractivity contribution in [3.05, 3.63) is 31.0 Å². The average molecular weight is 283 g/mol. The quantitative estimate of drug-likeness (QED) is 0.744. The van der Waals surface area contributed by atoms with Crippen LogP contribution in [0.5, 0.6) is 0 Å². The standard InChI is InChI=1S/C14H17N7/c1-19-9-11(6-17-19)12-10-21-14(7-16-12)13(8-18-21)20-4-2-15-3-5-20/h6-10,15H,2-5H2,1H3. The third kappa shape index (κ3) is 2.15. The molecule has 4 rings (SSSR count). The number of anilines is 1. The van der Waals surface area contributed by atoms with Crippen LogP contribution in [0.3, 0.4) is 0 Å². The van der Waals surface area contributed by atoms with E-state index >= 15 is 0 Å². The smallest absolute Gasteiger partial charge is 0.108 e. The highest BCUT2D eigenvalue weighted by Gasteiger charge is 2.15. The highest BCUT2D eigenvalue weighted by Crippen LogP contribution is 2.23. The lowest BCUT2D eigenvalue weighted by Crippen LogP contribution is -2.43. The van der Waals surface area contributed by atoms with Gasteiger partial charge in [0.15, 0.2) is 0 Å². The van der Waals surface area contributed by atoms with Gasteiger partial charge >= 0.3 is 0 Å². The second-order valence-electron chi connectivity index (χ2n) is 5.27. The van der Waals surface area contributed by atoms with Crippen LogP contribution in [0.4, 0.5) is 5.69 Å². The molecule has 0 unspecified atom stereocenters. The first kappa shape index (κ1) is 12.3. The monoisotopic (exact) mass is 283 g/mol. The summed E-state index contributed by atoms with van der Waals surface area (Å²) in [7, 11) is 1.90. The van der Waals surface area contributed by atoms with Crippen LogP contribution >= 0.6 is 0 Å². The molecule has 0 bridgehead atoms. The Hall–Kier alpha value is -2.41. The summed E-state index contributed by atoms with van der Waals surface area (Å²) < 4.78 is 3.67. The zero-order valence-corrected chi connectivity index (χ0v) is 11.9. The molecule has 0 atom stereocenters. The highest BCUT2D eigenvalue weighted by atomic mass is 15.3. The van der Waals surface area contributed by atoms with Crippen molar-refractivity contribution in [1.29, 1.82) is 0 Å². The highest BCUT2D eigenvalue weighted by molar-refractivity contribution is 5.73. The van der Waals surface area contributed by atoms with Crippen LogP contribution in [0.15, 0.2) is 31.0 Å². The lowest BCUT2D eigenvalue weighted by atomic mass is 10.2. The van der Waals surface area contributed by atoms with E-state index in [4.69, 9.17) is 0 Å². The molecule has 0 amide bonds. The first-order valence-corrected chi connectivity index (χ1v) is 7.09. The van der Waals surface area contributed by atoms with Gasteiger partial charge in [0, 0.05) is 45.0 Å². The van der Waals surface area contributed by atoms with Gasteiger partial charge in [0.1, 0.15) is 5.52 Å². The predicted molar refractivity (Wildman–Crippen MR) is 80.3 cm³/mol. The normalized spacial score (nSPS) is 15.8. The molecule has 21 heavy (non-hydrogen) atoms. The molecule has 0 spiro atoms. The molecule has 3 aromatic rings. The SMILES string of the molecule is Cn1cc(-c2cn3ncc(N4CCNCC4)c3cn2)cn1. The molecular formula is C14H17N7. The summed E-state index contributed by atoms with van der Waals surface area (Å²) in [5, 5.41) is 12.0. The number of aromatic nitrogens is 5. The van der Waals surface area contributed by atoms with Gasteiger partial charge in [-0.25, -0.2) is 4.52 Å². The van der Waals surface area contributed by atoms with Crippen LogP contribution in [0.2, 0.25) is 0 Å². The van der Waals surface area contributed by atoms with Crippen molar-refractivity contribution in [2.45, 2.75) is 0 Å². The molecular weight excluding hydrogens is 266 g/mol. The first-order chi connectivity index (χ1) is 10.3. The minimum atomic E-state index is 0.880. The minimum Gasteiger partial charge on any atom is -0.366 e. The Bertz CT molecular complexity index is 767. The van der Waals surface area contributed by atoms with Crippen molar-refractivity contribution < 1.29 is 0 Å². The second kappa shape index (κ2) is 4.85. The van der Waals surface area contributed by atoms with E-state index in [2.05, 4.69) is 25.4 Å². The number of piperazine rings is 1. The Balaban J connectivity index is 1.73. The lowest BCUT2D eigenvalue weighted by molar-refractivity contribution is 0.590. The molecule has 108 valence electrons. The Labute approximate surface area is 122 Å².